The van der Waals surface area contributed by atoms with Gasteiger partial charge in [-0.05, 0) is 30.7 Å². The van der Waals surface area contributed by atoms with Gasteiger partial charge in [0.25, 0.3) is 0 Å². The van der Waals surface area contributed by atoms with Crippen molar-refractivity contribution in [1.82, 2.24) is 9.97 Å². The first-order chi connectivity index (χ1) is 12.6. The van der Waals surface area contributed by atoms with E-state index >= 15 is 0 Å². The Kier molecular flexibility index (Phi) is 5.06. The molecule has 1 aromatic carbocycles. The molecule has 2 aliphatic rings. The smallest absolute Gasteiger partial charge is 0.152 e. The van der Waals surface area contributed by atoms with Crippen LogP contribution < -0.4 is 4.90 Å². The molecule has 1 spiro atoms. The van der Waals surface area contributed by atoms with Crippen molar-refractivity contribution in [2.24, 2.45) is 5.41 Å². The number of ether oxygens (including phenoxy) is 1. The predicted molar refractivity (Wildman–Crippen MR) is 103 cm³/mol. The van der Waals surface area contributed by atoms with E-state index in [2.05, 4.69) is 14.9 Å². The average Bonchev–Trinajstić information content (AvgIpc) is 3.12. The van der Waals surface area contributed by atoms with Crippen LogP contribution in [0, 0.1) is 5.41 Å². The quantitative estimate of drug-likeness (QED) is 0.855. The fraction of sp³-hybridized carbons (Fsp3) is 0.474. The highest BCUT2D eigenvalue weighted by Gasteiger charge is 2.38. The molecule has 2 fully saturated rings. The Morgan fingerprint density at radius 3 is 2.69 bits per heavy atom. The van der Waals surface area contributed by atoms with E-state index in [1.807, 2.05) is 12.1 Å². The number of hydrogen-bond donors (Lipinski definition) is 1. The van der Waals surface area contributed by atoms with E-state index in [1.54, 1.807) is 12.3 Å². The van der Waals surface area contributed by atoms with Crippen molar-refractivity contribution < 1.29 is 9.84 Å². The monoisotopic (exact) mass is 393 g/mol. The molecule has 1 N–H and O–H groups in total. The number of aliphatic hydroxyl groups excluding tert-OH is 1. The summed E-state index contributed by atoms with van der Waals surface area (Å²) in [7, 11) is 0. The van der Waals surface area contributed by atoms with Crippen molar-refractivity contribution in [3.63, 3.8) is 0 Å². The lowest BCUT2D eigenvalue weighted by atomic mass is 9.78. The molecule has 0 bridgehead atoms. The van der Waals surface area contributed by atoms with Gasteiger partial charge >= 0.3 is 0 Å². The molecule has 0 amide bonds. The second-order valence-electron chi connectivity index (χ2n) is 7.07. The summed E-state index contributed by atoms with van der Waals surface area (Å²) >= 11 is 12.4. The molecule has 0 radical (unpaired) electrons. The first-order valence-corrected chi connectivity index (χ1v) is 9.61. The molecule has 2 aliphatic heterocycles. The molecule has 26 heavy (non-hydrogen) atoms. The van der Waals surface area contributed by atoms with E-state index in [0.717, 1.165) is 51.4 Å². The van der Waals surface area contributed by atoms with Gasteiger partial charge in [0, 0.05) is 25.3 Å². The molecule has 0 atom stereocenters. The third-order valence-corrected chi connectivity index (χ3v) is 6.33. The Bertz CT molecular complexity index is 799. The highest BCUT2D eigenvalue weighted by atomic mass is 35.5. The van der Waals surface area contributed by atoms with Crippen LogP contribution in [0.4, 0.5) is 5.82 Å². The Hall–Kier alpha value is -1.40. The fourth-order valence-electron chi connectivity index (χ4n) is 3.86. The zero-order chi connectivity index (χ0) is 18.1. The molecule has 3 heterocycles. The Balaban J connectivity index is 1.59. The van der Waals surface area contributed by atoms with Crippen molar-refractivity contribution in [3.8, 4) is 11.3 Å². The van der Waals surface area contributed by atoms with Gasteiger partial charge in [-0.2, -0.15) is 0 Å². The minimum atomic E-state index is -0.168. The maximum Gasteiger partial charge on any atom is 0.152 e. The Morgan fingerprint density at radius 1 is 1.19 bits per heavy atom. The third kappa shape index (κ3) is 3.29. The molecule has 2 saturated heterocycles. The van der Waals surface area contributed by atoms with Gasteiger partial charge in [0.2, 0.25) is 0 Å². The van der Waals surface area contributed by atoms with E-state index in [9.17, 15) is 5.11 Å². The lowest BCUT2D eigenvalue weighted by molar-refractivity contribution is 0.133. The Morgan fingerprint density at radius 2 is 2.00 bits per heavy atom. The summed E-state index contributed by atoms with van der Waals surface area (Å²) in [5.41, 5.74) is 2.23. The average molecular weight is 394 g/mol. The van der Waals surface area contributed by atoms with Gasteiger partial charge in [0.05, 0.1) is 35.1 Å². The number of nitrogens with zero attached hydrogens (tertiary/aromatic N) is 3. The number of aliphatic hydroxyl groups is 1. The van der Waals surface area contributed by atoms with E-state index in [-0.39, 0.29) is 6.61 Å². The van der Waals surface area contributed by atoms with Gasteiger partial charge in [-0.15, -0.1) is 0 Å². The summed E-state index contributed by atoms with van der Waals surface area (Å²) in [6.45, 7) is 3.38. The number of piperidine rings is 1. The van der Waals surface area contributed by atoms with Crippen LogP contribution in [0.25, 0.3) is 11.3 Å². The van der Waals surface area contributed by atoms with E-state index in [4.69, 9.17) is 27.9 Å². The normalized spacial score (nSPS) is 19.3. The van der Waals surface area contributed by atoms with Crippen molar-refractivity contribution in [2.45, 2.75) is 25.9 Å². The summed E-state index contributed by atoms with van der Waals surface area (Å²) < 4.78 is 5.60. The highest BCUT2D eigenvalue weighted by molar-refractivity contribution is 6.43. The topological polar surface area (TPSA) is 58.5 Å². The van der Waals surface area contributed by atoms with Crippen molar-refractivity contribution >= 4 is 29.0 Å². The summed E-state index contributed by atoms with van der Waals surface area (Å²) in [4.78, 5) is 11.4. The number of hydrogen-bond acceptors (Lipinski definition) is 5. The molecule has 1 aromatic heterocycles. The van der Waals surface area contributed by atoms with Gasteiger partial charge in [-0.25, -0.2) is 9.97 Å². The zero-order valence-electron chi connectivity index (χ0n) is 14.4. The lowest BCUT2D eigenvalue weighted by Crippen LogP contribution is -2.41. The largest absolute Gasteiger partial charge is 0.390 e. The van der Waals surface area contributed by atoms with Gasteiger partial charge in [-0.3, -0.25) is 0 Å². The second-order valence-corrected chi connectivity index (χ2v) is 7.86. The summed E-state index contributed by atoms with van der Waals surface area (Å²) in [6.07, 6.45) is 5.02. The molecule has 2 aromatic rings. The summed E-state index contributed by atoms with van der Waals surface area (Å²) in [5, 5.41) is 10.8. The molecular weight excluding hydrogens is 373 g/mol. The van der Waals surface area contributed by atoms with Crippen molar-refractivity contribution in [2.75, 3.05) is 31.2 Å². The molecule has 138 valence electrons. The van der Waals surface area contributed by atoms with Crippen molar-refractivity contribution in [1.29, 1.82) is 0 Å². The lowest BCUT2D eigenvalue weighted by Gasteiger charge is -2.39. The molecule has 0 aliphatic carbocycles. The molecule has 7 heteroatoms. The van der Waals surface area contributed by atoms with Crippen LogP contribution in [-0.2, 0) is 11.3 Å². The minimum absolute atomic E-state index is 0.168. The number of anilines is 1. The maximum absolute atomic E-state index is 9.84. The first kappa shape index (κ1) is 18.0. The first-order valence-electron chi connectivity index (χ1n) is 8.86. The van der Waals surface area contributed by atoms with E-state index < -0.39 is 0 Å². The molecule has 4 rings (SSSR count). The van der Waals surface area contributed by atoms with Crippen LogP contribution in [0.1, 0.15) is 25.0 Å². The van der Waals surface area contributed by atoms with E-state index in [0.29, 0.717) is 32.4 Å². The standard InChI is InChI=1S/C19H21Cl2N3O2/c20-14-3-1-2-13(17(14)21)15-10-22-18(16(11-25)23-15)24-7-4-19(5-8-24)6-9-26-12-19/h1-3,10,25H,4-9,11-12H2. The zero-order valence-corrected chi connectivity index (χ0v) is 15.9. The second kappa shape index (κ2) is 7.31. The van der Waals surface area contributed by atoms with Crippen molar-refractivity contribution in [3.05, 3.63) is 40.1 Å². The van der Waals surface area contributed by atoms with Gasteiger partial charge in [0.15, 0.2) is 5.82 Å². The summed E-state index contributed by atoms with van der Waals surface area (Å²) in [6, 6.07) is 5.41. The minimum Gasteiger partial charge on any atom is -0.390 e. The third-order valence-electron chi connectivity index (χ3n) is 5.51. The predicted octanol–water partition coefficient (Wildman–Crippen LogP) is 3.95. The molecule has 5 nitrogen and oxygen atoms in total. The fourth-order valence-corrected chi connectivity index (χ4v) is 4.26. The highest BCUT2D eigenvalue weighted by Crippen LogP contribution is 2.40. The number of halogens is 2. The van der Waals surface area contributed by atoms with Crippen LogP contribution in [0.2, 0.25) is 10.0 Å². The van der Waals surface area contributed by atoms with E-state index in [1.165, 1.54) is 0 Å². The number of benzene rings is 1. The number of rotatable bonds is 3. The van der Waals surface area contributed by atoms with Crippen LogP contribution in [-0.4, -0.2) is 41.4 Å². The van der Waals surface area contributed by atoms with Crippen LogP contribution in [0.5, 0.6) is 0 Å². The van der Waals surface area contributed by atoms with Gasteiger partial charge < -0.3 is 14.7 Å². The van der Waals surface area contributed by atoms with Crippen LogP contribution in [0.3, 0.4) is 0 Å². The molecule has 0 saturated carbocycles. The van der Waals surface area contributed by atoms with Gasteiger partial charge in [-0.1, -0.05) is 35.3 Å². The SMILES string of the molecule is OCc1nc(-c2cccc(Cl)c2Cl)cnc1N1CCC2(CCOC2)CC1. The number of aromatic nitrogens is 2. The maximum atomic E-state index is 9.84. The molecular formula is C19H21Cl2N3O2. The van der Waals surface area contributed by atoms with Crippen LogP contribution >= 0.6 is 23.2 Å². The summed E-state index contributed by atoms with van der Waals surface area (Å²) in [5.74, 6) is 0.753. The van der Waals surface area contributed by atoms with Gasteiger partial charge in [0.1, 0.15) is 5.69 Å². The molecule has 0 unspecified atom stereocenters. The Labute approximate surface area is 162 Å². The van der Waals surface area contributed by atoms with Crippen LogP contribution in [0.15, 0.2) is 24.4 Å².